The van der Waals surface area contributed by atoms with Gasteiger partial charge in [0.15, 0.2) is 0 Å². The van der Waals surface area contributed by atoms with Crippen molar-refractivity contribution in [1.29, 1.82) is 0 Å². The van der Waals surface area contributed by atoms with Crippen LogP contribution in [0.2, 0.25) is 0 Å². The third kappa shape index (κ3) is 3.48. The van der Waals surface area contributed by atoms with Crippen molar-refractivity contribution in [2.24, 2.45) is 0 Å². The minimum Gasteiger partial charge on any atom is -0.477 e. The molecule has 0 spiro atoms. The van der Waals surface area contributed by atoms with Gasteiger partial charge in [-0.3, -0.25) is 4.90 Å². The fraction of sp³-hybridized carbons (Fsp3) is 0.583. The molecule has 1 saturated heterocycles. The van der Waals surface area contributed by atoms with Gasteiger partial charge in [0, 0.05) is 32.2 Å². The van der Waals surface area contributed by atoms with Crippen LogP contribution in [0.3, 0.4) is 0 Å². The number of rotatable bonds is 4. The molecule has 1 aliphatic heterocycles. The number of nitrogens with zero attached hydrogens (tertiary/aromatic N) is 2. The highest BCUT2D eigenvalue weighted by Crippen LogP contribution is 2.33. The van der Waals surface area contributed by atoms with Crippen LogP contribution in [0, 0.1) is 0 Å². The molecule has 2 heterocycles. The van der Waals surface area contributed by atoms with Crippen LogP contribution < -0.4 is 0 Å². The van der Waals surface area contributed by atoms with Crippen molar-refractivity contribution in [3.63, 3.8) is 0 Å². The summed E-state index contributed by atoms with van der Waals surface area (Å²) in [6.07, 6.45) is 0. The molecule has 0 unspecified atom stereocenters. The predicted molar refractivity (Wildman–Crippen MR) is 84.4 cm³/mol. The zero-order chi connectivity index (χ0) is 15.8. The molecule has 1 aromatic rings. The van der Waals surface area contributed by atoms with Crippen molar-refractivity contribution < 1.29 is 18.3 Å². The number of carboxylic acids is 1. The highest BCUT2D eigenvalue weighted by molar-refractivity contribution is 9.11. The van der Waals surface area contributed by atoms with Crippen LogP contribution in [0.5, 0.6) is 0 Å². The lowest BCUT2D eigenvalue weighted by atomic mass is 10.3. The minimum atomic E-state index is -3.65. The topological polar surface area (TPSA) is 77.9 Å². The van der Waals surface area contributed by atoms with Crippen molar-refractivity contribution in [3.05, 3.63) is 14.7 Å². The summed E-state index contributed by atoms with van der Waals surface area (Å²) < 4.78 is 27.0. The number of carbonyl (C=O) groups is 1. The molecular formula is C12H17BrN2O4S2. The van der Waals surface area contributed by atoms with E-state index < -0.39 is 16.0 Å². The average Bonchev–Trinajstić information content (AvgIpc) is 2.82. The van der Waals surface area contributed by atoms with E-state index in [1.807, 2.05) is 0 Å². The van der Waals surface area contributed by atoms with Crippen LogP contribution in [0.4, 0.5) is 0 Å². The zero-order valence-corrected chi connectivity index (χ0v) is 15.0. The highest BCUT2D eigenvalue weighted by Gasteiger charge is 2.32. The molecule has 0 aromatic carbocycles. The van der Waals surface area contributed by atoms with Crippen molar-refractivity contribution in [2.75, 3.05) is 26.2 Å². The standard InChI is InChI=1S/C12H17BrN2O4S2/c1-8(2)14-3-5-15(6-4-14)21(18,19)10-7-9(12(16)17)20-11(10)13/h7-8H,3-6H2,1-2H3,(H,16,17). The second-order valence-corrected chi connectivity index (χ2v) is 9.36. The third-order valence-corrected chi connectivity index (χ3v) is 7.63. The predicted octanol–water partition coefficient (Wildman–Crippen LogP) is 1.92. The normalized spacial score (nSPS) is 18.3. The van der Waals surface area contributed by atoms with Crippen LogP contribution in [-0.4, -0.2) is 60.9 Å². The quantitative estimate of drug-likeness (QED) is 0.840. The van der Waals surface area contributed by atoms with Gasteiger partial charge in [0.25, 0.3) is 0 Å². The zero-order valence-electron chi connectivity index (χ0n) is 11.7. The summed E-state index contributed by atoms with van der Waals surface area (Å²) in [6.45, 7) is 6.38. The summed E-state index contributed by atoms with van der Waals surface area (Å²) >= 11 is 4.08. The number of hydrogen-bond donors (Lipinski definition) is 1. The van der Waals surface area contributed by atoms with Gasteiger partial charge in [0.2, 0.25) is 10.0 Å². The van der Waals surface area contributed by atoms with Gasteiger partial charge in [-0.25, -0.2) is 13.2 Å². The van der Waals surface area contributed by atoms with Gasteiger partial charge in [-0.05, 0) is 35.8 Å². The maximum Gasteiger partial charge on any atom is 0.345 e. The molecule has 0 amide bonds. The van der Waals surface area contributed by atoms with E-state index in [1.165, 1.54) is 10.4 Å². The molecule has 9 heteroatoms. The molecule has 118 valence electrons. The van der Waals surface area contributed by atoms with E-state index in [2.05, 4.69) is 34.7 Å². The smallest absolute Gasteiger partial charge is 0.345 e. The third-order valence-electron chi connectivity index (χ3n) is 3.49. The summed E-state index contributed by atoms with van der Waals surface area (Å²) in [5.41, 5.74) is 0. The van der Waals surface area contributed by atoms with Crippen LogP contribution in [0.25, 0.3) is 0 Å². The monoisotopic (exact) mass is 396 g/mol. The maximum absolute atomic E-state index is 12.6. The number of hydrogen-bond acceptors (Lipinski definition) is 5. The van der Waals surface area contributed by atoms with E-state index >= 15 is 0 Å². The fourth-order valence-electron chi connectivity index (χ4n) is 2.23. The van der Waals surface area contributed by atoms with Crippen LogP contribution in [0.1, 0.15) is 23.5 Å². The number of piperazine rings is 1. The Bertz CT molecular complexity index is 634. The van der Waals surface area contributed by atoms with Crippen LogP contribution in [0.15, 0.2) is 14.7 Å². The van der Waals surface area contributed by atoms with Gasteiger partial charge in [0.05, 0.1) is 3.79 Å². The largest absolute Gasteiger partial charge is 0.477 e. The molecule has 0 atom stereocenters. The van der Waals surface area contributed by atoms with Crippen LogP contribution in [-0.2, 0) is 10.0 Å². The lowest BCUT2D eigenvalue weighted by Crippen LogP contribution is -2.50. The first-order valence-electron chi connectivity index (χ1n) is 6.50. The van der Waals surface area contributed by atoms with E-state index in [0.717, 1.165) is 11.3 Å². The Morgan fingerprint density at radius 1 is 1.33 bits per heavy atom. The molecule has 1 fully saturated rings. The first-order valence-corrected chi connectivity index (χ1v) is 9.55. The summed E-state index contributed by atoms with van der Waals surface area (Å²) in [6, 6.07) is 1.61. The molecule has 1 aromatic heterocycles. The summed E-state index contributed by atoms with van der Waals surface area (Å²) in [4.78, 5) is 13.2. The van der Waals surface area contributed by atoms with Crippen molar-refractivity contribution >= 4 is 43.3 Å². The van der Waals surface area contributed by atoms with E-state index in [-0.39, 0.29) is 9.77 Å². The SMILES string of the molecule is CC(C)N1CCN(S(=O)(=O)c2cc(C(=O)O)sc2Br)CC1. The first kappa shape index (κ1) is 16.9. The van der Waals surface area contributed by atoms with E-state index in [0.29, 0.717) is 36.0 Å². The van der Waals surface area contributed by atoms with E-state index in [4.69, 9.17) is 5.11 Å². The lowest BCUT2D eigenvalue weighted by Gasteiger charge is -2.36. The van der Waals surface area contributed by atoms with Gasteiger partial charge in [0.1, 0.15) is 9.77 Å². The summed E-state index contributed by atoms with van der Waals surface area (Å²) in [5, 5.41) is 8.97. The molecule has 1 N–H and O–H groups in total. The number of carboxylic acid groups (broad SMARTS) is 1. The molecule has 0 aliphatic carbocycles. The van der Waals surface area contributed by atoms with Gasteiger partial charge in [-0.2, -0.15) is 4.31 Å². The molecule has 6 nitrogen and oxygen atoms in total. The molecular weight excluding hydrogens is 380 g/mol. The average molecular weight is 397 g/mol. The lowest BCUT2D eigenvalue weighted by molar-refractivity contribution is 0.0702. The Morgan fingerprint density at radius 3 is 2.33 bits per heavy atom. The Morgan fingerprint density at radius 2 is 1.90 bits per heavy atom. The molecule has 0 bridgehead atoms. The second kappa shape index (κ2) is 6.33. The summed E-state index contributed by atoms with van der Waals surface area (Å²) in [5.74, 6) is -1.12. The fourth-order valence-corrected chi connectivity index (χ4v) is 6.01. The van der Waals surface area contributed by atoms with Crippen molar-refractivity contribution in [3.8, 4) is 0 Å². The van der Waals surface area contributed by atoms with E-state index in [9.17, 15) is 13.2 Å². The molecule has 2 rings (SSSR count). The molecule has 1 aliphatic rings. The van der Waals surface area contributed by atoms with Crippen molar-refractivity contribution in [1.82, 2.24) is 9.21 Å². The number of sulfonamides is 1. The van der Waals surface area contributed by atoms with Gasteiger partial charge in [-0.15, -0.1) is 11.3 Å². The van der Waals surface area contributed by atoms with E-state index in [1.54, 1.807) is 0 Å². The van der Waals surface area contributed by atoms with Gasteiger partial charge < -0.3 is 5.11 Å². The summed E-state index contributed by atoms with van der Waals surface area (Å²) in [7, 11) is -3.65. The Balaban J connectivity index is 2.21. The number of thiophene rings is 1. The maximum atomic E-state index is 12.6. The van der Waals surface area contributed by atoms with Gasteiger partial charge in [-0.1, -0.05) is 0 Å². The van der Waals surface area contributed by atoms with Crippen molar-refractivity contribution in [2.45, 2.75) is 24.8 Å². The van der Waals surface area contributed by atoms with Crippen LogP contribution >= 0.6 is 27.3 Å². The Kier molecular flexibility index (Phi) is 5.09. The van der Waals surface area contributed by atoms with Gasteiger partial charge >= 0.3 is 5.97 Å². The highest BCUT2D eigenvalue weighted by atomic mass is 79.9. The Labute approximate surface area is 136 Å². The molecule has 21 heavy (non-hydrogen) atoms. The number of halogens is 1. The first-order chi connectivity index (χ1) is 9.73. The Hall–Kier alpha value is -0.480. The minimum absolute atomic E-state index is 0.0151. The molecule has 0 saturated carbocycles. The number of aromatic carboxylic acids is 1. The molecule has 0 radical (unpaired) electrons. The second-order valence-electron chi connectivity index (χ2n) is 5.09.